The number of carbonyl (C=O) groups is 1. The second-order valence-electron chi connectivity index (χ2n) is 3.94. The lowest BCUT2D eigenvalue weighted by Gasteiger charge is -2.22. The maximum Gasteiger partial charge on any atom is 0.415 e. The van der Waals surface area contributed by atoms with E-state index in [0.717, 1.165) is 0 Å². The summed E-state index contributed by atoms with van der Waals surface area (Å²) in [5.41, 5.74) is 6.27. The Morgan fingerprint density at radius 2 is 2.18 bits per heavy atom. The van der Waals surface area contributed by atoms with Gasteiger partial charge in [-0.05, 0) is 19.1 Å². The Kier molecular flexibility index (Phi) is 3.19. The van der Waals surface area contributed by atoms with Crippen molar-refractivity contribution in [3.8, 4) is 5.75 Å². The minimum absolute atomic E-state index is 0.0937. The molecule has 0 bridgehead atoms. The molecule has 2 unspecified atom stereocenters. The molecule has 2 rings (SSSR count). The van der Waals surface area contributed by atoms with Gasteiger partial charge in [0.1, 0.15) is 11.9 Å². The van der Waals surface area contributed by atoms with Crippen LogP contribution in [0, 0.1) is 0 Å². The Hall–Kier alpha value is -1.75. The highest BCUT2D eigenvalue weighted by Crippen LogP contribution is 2.33. The van der Waals surface area contributed by atoms with Gasteiger partial charge in [-0.25, -0.2) is 4.79 Å². The average Bonchev–Trinajstić information content (AvgIpc) is 2.64. The first-order valence-electron chi connectivity index (χ1n) is 5.52. The van der Waals surface area contributed by atoms with Crippen LogP contribution >= 0.6 is 0 Å². The number of carbonyl (C=O) groups excluding carboxylic acids is 1. The van der Waals surface area contributed by atoms with E-state index < -0.39 is 0 Å². The van der Waals surface area contributed by atoms with Crippen LogP contribution in [0.3, 0.4) is 0 Å². The van der Waals surface area contributed by atoms with Gasteiger partial charge in [0.05, 0.1) is 18.8 Å². The number of para-hydroxylation sites is 2. The lowest BCUT2D eigenvalue weighted by molar-refractivity contribution is 0.137. The van der Waals surface area contributed by atoms with Crippen molar-refractivity contribution in [2.24, 2.45) is 5.73 Å². The largest absolute Gasteiger partial charge is 0.495 e. The number of hydrogen-bond acceptors (Lipinski definition) is 4. The number of cyclic esters (lactones) is 1. The molecule has 2 atom stereocenters. The number of anilines is 1. The Balaban J connectivity index is 2.36. The molecule has 1 aliphatic rings. The number of rotatable bonds is 3. The molecule has 2 N–H and O–H groups in total. The number of methoxy groups -OCH3 is 1. The van der Waals surface area contributed by atoms with Crippen molar-refractivity contribution < 1.29 is 14.3 Å². The number of hydrogen-bond donors (Lipinski definition) is 1. The van der Waals surface area contributed by atoms with Crippen molar-refractivity contribution in [3.05, 3.63) is 24.3 Å². The van der Waals surface area contributed by atoms with E-state index in [1.807, 2.05) is 31.2 Å². The summed E-state index contributed by atoms with van der Waals surface area (Å²) >= 11 is 0. The fourth-order valence-electron chi connectivity index (χ4n) is 2.01. The van der Waals surface area contributed by atoms with Crippen LogP contribution < -0.4 is 15.4 Å². The van der Waals surface area contributed by atoms with Crippen LogP contribution in [0.25, 0.3) is 0 Å². The highest BCUT2D eigenvalue weighted by molar-refractivity contribution is 5.92. The average molecular weight is 236 g/mol. The Bertz CT molecular complexity index is 422. The molecule has 0 saturated carbocycles. The fraction of sp³-hybridized carbons (Fsp3) is 0.417. The normalized spacial score (nSPS) is 23.7. The van der Waals surface area contributed by atoms with Gasteiger partial charge in [-0.3, -0.25) is 4.90 Å². The molecule has 5 heteroatoms. The van der Waals surface area contributed by atoms with Crippen molar-refractivity contribution in [2.75, 3.05) is 18.6 Å². The SMILES string of the molecule is COc1ccccc1N1C(=O)OC(CN)C1C. The highest BCUT2D eigenvalue weighted by Gasteiger charge is 2.39. The van der Waals surface area contributed by atoms with Gasteiger partial charge in [-0.15, -0.1) is 0 Å². The van der Waals surface area contributed by atoms with Gasteiger partial charge >= 0.3 is 6.09 Å². The molecule has 0 radical (unpaired) electrons. The molecule has 1 aromatic carbocycles. The molecule has 17 heavy (non-hydrogen) atoms. The van der Waals surface area contributed by atoms with Gasteiger partial charge in [0.25, 0.3) is 0 Å². The molecular formula is C12H16N2O3. The van der Waals surface area contributed by atoms with Crippen LogP contribution in [-0.4, -0.2) is 31.9 Å². The van der Waals surface area contributed by atoms with Crippen LogP contribution in [-0.2, 0) is 4.74 Å². The maximum absolute atomic E-state index is 11.8. The summed E-state index contributed by atoms with van der Waals surface area (Å²) in [6.07, 6.45) is -0.648. The molecule has 92 valence electrons. The topological polar surface area (TPSA) is 64.8 Å². The smallest absolute Gasteiger partial charge is 0.415 e. The molecule has 1 heterocycles. The van der Waals surface area contributed by atoms with Crippen LogP contribution in [0.5, 0.6) is 5.75 Å². The Labute approximate surface area is 100 Å². The minimum Gasteiger partial charge on any atom is -0.495 e. The number of nitrogens with zero attached hydrogens (tertiary/aromatic N) is 1. The monoisotopic (exact) mass is 236 g/mol. The highest BCUT2D eigenvalue weighted by atomic mass is 16.6. The first kappa shape index (κ1) is 11.7. The molecule has 0 aromatic heterocycles. The minimum atomic E-state index is -0.377. The van der Waals surface area contributed by atoms with Crippen LogP contribution in [0.2, 0.25) is 0 Å². The predicted octanol–water partition coefficient (Wildman–Crippen LogP) is 1.37. The summed E-state index contributed by atoms with van der Waals surface area (Å²) in [5.74, 6) is 0.647. The summed E-state index contributed by atoms with van der Waals surface area (Å²) in [7, 11) is 1.57. The van der Waals surface area contributed by atoms with Gasteiger partial charge in [0, 0.05) is 6.54 Å². The van der Waals surface area contributed by atoms with E-state index in [4.69, 9.17) is 15.2 Å². The van der Waals surface area contributed by atoms with Gasteiger partial charge < -0.3 is 15.2 Å². The maximum atomic E-state index is 11.8. The van der Waals surface area contributed by atoms with Crippen LogP contribution in [0.15, 0.2) is 24.3 Å². The van der Waals surface area contributed by atoms with E-state index >= 15 is 0 Å². The first-order valence-corrected chi connectivity index (χ1v) is 5.52. The van der Waals surface area contributed by atoms with Gasteiger partial charge in [-0.2, -0.15) is 0 Å². The summed E-state index contributed by atoms with van der Waals surface area (Å²) in [4.78, 5) is 13.4. The lowest BCUT2D eigenvalue weighted by Crippen LogP contribution is -2.37. The second kappa shape index (κ2) is 4.63. The molecule has 1 aliphatic heterocycles. The number of benzene rings is 1. The van der Waals surface area contributed by atoms with Gasteiger partial charge in [0.15, 0.2) is 0 Å². The molecule has 1 aromatic rings. The van der Waals surface area contributed by atoms with E-state index in [-0.39, 0.29) is 18.2 Å². The molecule has 0 aliphatic carbocycles. The molecular weight excluding hydrogens is 220 g/mol. The lowest BCUT2D eigenvalue weighted by atomic mass is 10.1. The van der Waals surface area contributed by atoms with Crippen molar-refractivity contribution in [1.82, 2.24) is 0 Å². The third-order valence-electron chi connectivity index (χ3n) is 2.97. The van der Waals surface area contributed by atoms with Crippen LogP contribution in [0.1, 0.15) is 6.92 Å². The van der Waals surface area contributed by atoms with E-state index in [2.05, 4.69) is 0 Å². The molecule has 1 saturated heterocycles. The van der Waals surface area contributed by atoms with Gasteiger partial charge in [-0.1, -0.05) is 12.1 Å². The Morgan fingerprint density at radius 3 is 2.76 bits per heavy atom. The van der Waals surface area contributed by atoms with Crippen molar-refractivity contribution in [3.63, 3.8) is 0 Å². The summed E-state index contributed by atoms with van der Waals surface area (Å²) in [6.45, 7) is 2.23. The number of amides is 1. The molecule has 1 amide bonds. The van der Waals surface area contributed by atoms with E-state index in [0.29, 0.717) is 18.0 Å². The van der Waals surface area contributed by atoms with Crippen LogP contribution in [0.4, 0.5) is 10.5 Å². The Morgan fingerprint density at radius 1 is 1.47 bits per heavy atom. The second-order valence-corrected chi connectivity index (χ2v) is 3.94. The summed E-state index contributed by atoms with van der Waals surface area (Å²) in [6, 6.07) is 7.26. The summed E-state index contributed by atoms with van der Waals surface area (Å²) < 4.78 is 10.4. The standard InChI is InChI=1S/C12H16N2O3/c1-8-11(7-13)17-12(15)14(8)9-5-3-4-6-10(9)16-2/h3-6,8,11H,7,13H2,1-2H3. The van der Waals surface area contributed by atoms with Crippen molar-refractivity contribution >= 4 is 11.8 Å². The third-order valence-corrected chi connectivity index (χ3v) is 2.97. The first-order chi connectivity index (χ1) is 8.19. The number of ether oxygens (including phenoxy) is 2. The third kappa shape index (κ3) is 1.93. The van der Waals surface area contributed by atoms with E-state index in [1.54, 1.807) is 12.0 Å². The molecule has 5 nitrogen and oxygen atoms in total. The zero-order chi connectivity index (χ0) is 12.4. The molecule has 0 spiro atoms. The van der Waals surface area contributed by atoms with Crippen molar-refractivity contribution in [2.45, 2.75) is 19.1 Å². The summed E-state index contributed by atoms with van der Waals surface area (Å²) in [5, 5.41) is 0. The van der Waals surface area contributed by atoms with Gasteiger partial charge in [0.2, 0.25) is 0 Å². The van der Waals surface area contributed by atoms with E-state index in [9.17, 15) is 4.79 Å². The fourth-order valence-corrected chi connectivity index (χ4v) is 2.01. The quantitative estimate of drug-likeness (QED) is 0.860. The zero-order valence-corrected chi connectivity index (χ0v) is 9.92. The number of nitrogens with two attached hydrogens (primary N) is 1. The predicted molar refractivity (Wildman–Crippen MR) is 64.3 cm³/mol. The molecule has 1 fully saturated rings. The zero-order valence-electron chi connectivity index (χ0n) is 9.92. The van der Waals surface area contributed by atoms with E-state index in [1.165, 1.54) is 0 Å². The van der Waals surface area contributed by atoms with Crippen molar-refractivity contribution in [1.29, 1.82) is 0 Å².